The Morgan fingerprint density at radius 1 is 1.36 bits per heavy atom. The lowest BCUT2D eigenvalue weighted by Gasteiger charge is -2.38. The van der Waals surface area contributed by atoms with Crippen LogP contribution in [0.4, 0.5) is 0 Å². The maximum atomic E-state index is 11.2. The van der Waals surface area contributed by atoms with Gasteiger partial charge in [0.25, 0.3) is 0 Å². The van der Waals surface area contributed by atoms with Crippen molar-refractivity contribution in [1.29, 1.82) is 0 Å². The van der Waals surface area contributed by atoms with Crippen LogP contribution < -0.4 is 0 Å². The molecule has 1 atom stereocenters. The summed E-state index contributed by atoms with van der Waals surface area (Å²) in [4.78, 5) is 13.2. The molecule has 1 fully saturated rings. The molecule has 0 spiro atoms. The van der Waals surface area contributed by atoms with Crippen LogP contribution in [0.15, 0.2) is 47.9 Å². The van der Waals surface area contributed by atoms with Crippen molar-refractivity contribution in [3.8, 4) is 0 Å². The molecule has 0 bridgehead atoms. The Labute approximate surface area is 81.6 Å². The van der Waals surface area contributed by atoms with Crippen LogP contribution in [0.3, 0.4) is 0 Å². The first-order valence-electron chi connectivity index (χ1n) is 4.58. The van der Waals surface area contributed by atoms with Crippen LogP contribution in [0.2, 0.25) is 0 Å². The van der Waals surface area contributed by atoms with E-state index in [4.69, 9.17) is 4.74 Å². The minimum atomic E-state index is -0.186. The molecule has 3 aliphatic rings. The number of hydrogen-bond acceptors (Lipinski definition) is 3. The van der Waals surface area contributed by atoms with E-state index in [2.05, 4.69) is 0 Å². The normalized spacial score (nSPS) is 27.9. The predicted octanol–water partition coefficient (Wildman–Crippen LogP) is 1.12. The number of ether oxygens (including phenoxy) is 1. The molecule has 0 aromatic heterocycles. The van der Waals surface area contributed by atoms with Gasteiger partial charge in [-0.15, -0.1) is 0 Å². The van der Waals surface area contributed by atoms with Crippen molar-refractivity contribution < 1.29 is 9.53 Å². The Bertz CT molecular complexity index is 415. The van der Waals surface area contributed by atoms with Crippen molar-refractivity contribution in [3.05, 3.63) is 47.9 Å². The average Bonchev–Trinajstić information content (AvgIpc) is 2.18. The highest BCUT2D eigenvalue weighted by Crippen LogP contribution is 2.30. The Hall–Kier alpha value is -1.77. The SMILES string of the molecule is O=C1CN2C=CC=C3C=CC=C(O1)C32. The molecule has 14 heavy (non-hydrogen) atoms. The van der Waals surface area contributed by atoms with Crippen LogP contribution in [0, 0.1) is 0 Å². The second-order valence-corrected chi connectivity index (χ2v) is 3.49. The standard InChI is InChI=1S/C11H9NO2/c13-10-7-12-6-2-4-8-3-1-5-9(14-10)11(8)12/h1-6,11H,7H2. The fourth-order valence-corrected chi connectivity index (χ4v) is 2.00. The number of allylic oxidation sites excluding steroid dienone is 4. The first-order valence-corrected chi connectivity index (χ1v) is 4.58. The van der Waals surface area contributed by atoms with Crippen LogP contribution in [-0.2, 0) is 9.53 Å². The third kappa shape index (κ3) is 0.954. The lowest BCUT2D eigenvalue weighted by molar-refractivity contribution is -0.145. The number of nitrogens with zero attached hydrogens (tertiary/aromatic N) is 1. The van der Waals surface area contributed by atoms with Gasteiger partial charge in [0.05, 0.1) is 0 Å². The van der Waals surface area contributed by atoms with Gasteiger partial charge in [0.15, 0.2) is 0 Å². The summed E-state index contributed by atoms with van der Waals surface area (Å²) in [6.45, 7) is 0.337. The number of carbonyl (C=O) groups is 1. The summed E-state index contributed by atoms with van der Waals surface area (Å²) in [7, 11) is 0. The molecule has 1 aliphatic carbocycles. The minimum absolute atomic E-state index is 0.114. The lowest BCUT2D eigenvalue weighted by atomic mass is 9.95. The summed E-state index contributed by atoms with van der Waals surface area (Å²) in [6.07, 6.45) is 11.7. The molecule has 3 rings (SSSR count). The summed E-state index contributed by atoms with van der Waals surface area (Å²) in [5, 5.41) is 0. The quantitative estimate of drug-likeness (QED) is 0.532. The van der Waals surface area contributed by atoms with Gasteiger partial charge in [-0.1, -0.05) is 18.2 Å². The fourth-order valence-electron chi connectivity index (χ4n) is 2.00. The highest BCUT2D eigenvalue weighted by atomic mass is 16.5. The van der Waals surface area contributed by atoms with E-state index in [-0.39, 0.29) is 12.0 Å². The van der Waals surface area contributed by atoms with Gasteiger partial charge >= 0.3 is 5.97 Å². The molecule has 3 heteroatoms. The van der Waals surface area contributed by atoms with E-state index in [0.717, 1.165) is 5.76 Å². The van der Waals surface area contributed by atoms with Gasteiger partial charge < -0.3 is 9.64 Å². The summed E-state index contributed by atoms with van der Waals surface area (Å²) in [5.41, 5.74) is 1.18. The van der Waals surface area contributed by atoms with Gasteiger partial charge in [-0.25, -0.2) is 4.79 Å². The molecule has 2 aliphatic heterocycles. The van der Waals surface area contributed by atoms with Crippen molar-refractivity contribution in [2.75, 3.05) is 6.54 Å². The van der Waals surface area contributed by atoms with Crippen molar-refractivity contribution >= 4 is 5.97 Å². The van der Waals surface area contributed by atoms with Gasteiger partial charge in [-0.3, -0.25) is 0 Å². The molecule has 3 nitrogen and oxygen atoms in total. The molecule has 70 valence electrons. The molecule has 2 heterocycles. The van der Waals surface area contributed by atoms with E-state index in [1.54, 1.807) is 0 Å². The number of carbonyl (C=O) groups excluding carboxylic acids is 1. The molecule has 1 saturated heterocycles. The molecule has 0 aromatic rings. The van der Waals surface area contributed by atoms with Crippen LogP contribution >= 0.6 is 0 Å². The third-order valence-electron chi connectivity index (χ3n) is 2.58. The van der Waals surface area contributed by atoms with Crippen molar-refractivity contribution in [2.24, 2.45) is 0 Å². The van der Waals surface area contributed by atoms with Crippen LogP contribution in [-0.4, -0.2) is 23.5 Å². The van der Waals surface area contributed by atoms with Crippen LogP contribution in [0.5, 0.6) is 0 Å². The smallest absolute Gasteiger partial charge is 0.330 e. The Kier molecular flexibility index (Phi) is 1.42. The molecular weight excluding hydrogens is 178 g/mol. The first kappa shape index (κ1) is 7.62. The fraction of sp³-hybridized carbons (Fsp3) is 0.182. The molecule has 0 saturated carbocycles. The second kappa shape index (κ2) is 2.61. The van der Waals surface area contributed by atoms with Gasteiger partial charge in [0.1, 0.15) is 18.3 Å². The number of morpholine rings is 1. The molecule has 0 amide bonds. The largest absolute Gasteiger partial charge is 0.427 e. The van der Waals surface area contributed by atoms with Gasteiger partial charge in [-0.05, 0) is 17.7 Å². The van der Waals surface area contributed by atoms with Crippen molar-refractivity contribution in [1.82, 2.24) is 4.90 Å². The third-order valence-corrected chi connectivity index (χ3v) is 2.58. The van der Waals surface area contributed by atoms with E-state index >= 15 is 0 Å². The average molecular weight is 187 g/mol. The first-order chi connectivity index (χ1) is 6.84. The van der Waals surface area contributed by atoms with E-state index in [9.17, 15) is 4.79 Å². The summed E-state index contributed by atoms with van der Waals surface area (Å²) in [5.74, 6) is 0.549. The Morgan fingerprint density at radius 3 is 3.21 bits per heavy atom. The minimum Gasteiger partial charge on any atom is -0.427 e. The van der Waals surface area contributed by atoms with E-state index in [0.29, 0.717) is 6.54 Å². The van der Waals surface area contributed by atoms with Gasteiger partial charge in [0.2, 0.25) is 0 Å². The molecule has 0 aromatic carbocycles. The molecule has 0 radical (unpaired) electrons. The maximum absolute atomic E-state index is 11.2. The van der Waals surface area contributed by atoms with E-state index in [1.165, 1.54) is 5.57 Å². The van der Waals surface area contributed by atoms with E-state index < -0.39 is 0 Å². The Balaban J connectivity index is 2.09. The topological polar surface area (TPSA) is 29.5 Å². The zero-order valence-corrected chi connectivity index (χ0v) is 7.51. The number of hydrogen-bond donors (Lipinski definition) is 0. The molecule has 0 N–H and O–H groups in total. The second-order valence-electron chi connectivity index (χ2n) is 3.49. The zero-order valence-electron chi connectivity index (χ0n) is 7.51. The van der Waals surface area contributed by atoms with Gasteiger partial charge in [0, 0.05) is 6.20 Å². The monoisotopic (exact) mass is 187 g/mol. The highest BCUT2D eigenvalue weighted by molar-refractivity contribution is 5.75. The zero-order chi connectivity index (χ0) is 9.54. The maximum Gasteiger partial charge on any atom is 0.330 e. The summed E-state index contributed by atoms with van der Waals surface area (Å²) < 4.78 is 5.18. The van der Waals surface area contributed by atoms with Crippen molar-refractivity contribution in [3.63, 3.8) is 0 Å². The van der Waals surface area contributed by atoms with Gasteiger partial charge in [-0.2, -0.15) is 0 Å². The number of esters is 1. The van der Waals surface area contributed by atoms with Crippen LogP contribution in [0.25, 0.3) is 0 Å². The van der Waals surface area contributed by atoms with Crippen LogP contribution in [0.1, 0.15) is 0 Å². The molecular formula is C11H9NO2. The Morgan fingerprint density at radius 2 is 2.29 bits per heavy atom. The lowest BCUT2D eigenvalue weighted by Crippen LogP contribution is -2.45. The summed E-state index contributed by atoms with van der Waals surface area (Å²) in [6, 6.07) is 0.114. The molecule has 1 unspecified atom stereocenters. The van der Waals surface area contributed by atoms with Crippen molar-refractivity contribution in [2.45, 2.75) is 6.04 Å². The van der Waals surface area contributed by atoms with E-state index in [1.807, 2.05) is 41.5 Å². The highest BCUT2D eigenvalue weighted by Gasteiger charge is 2.34. The number of rotatable bonds is 0. The summed E-state index contributed by atoms with van der Waals surface area (Å²) >= 11 is 0. The predicted molar refractivity (Wildman–Crippen MR) is 51.0 cm³/mol.